The van der Waals surface area contributed by atoms with Crippen molar-refractivity contribution in [1.82, 2.24) is 10.2 Å². The lowest BCUT2D eigenvalue weighted by Crippen LogP contribution is -2.47. The van der Waals surface area contributed by atoms with Gasteiger partial charge in [-0.3, -0.25) is 4.90 Å². The molecule has 2 nitrogen and oxygen atoms in total. The summed E-state index contributed by atoms with van der Waals surface area (Å²) < 4.78 is 0. The summed E-state index contributed by atoms with van der Waals surface area (Å²) >= 11 is 0. The summed E-state index contributed by atoms with van der Waals surface area (Å²) in [5, 5.41) is 3.64. The Balaban J connectivity index is 2.49. The van der Waals surface area contributed by atoms with Crippen LogP contribution in [0.25, 0.3) is 0 Å². The third kappa shape index (κ3) is 6.27. The first-order chi connectivity index (χ1) is 9.04. The van der Waals surface area contributed by atoms with Crippen LogP contribution < -0.4 is 5.32 Å². The van der Waals surface area contributed by atoms with Gasteiger partial charge in [-0.1, -0.05) is 47.5 Å². The van der Waals surface area contributed by atoms with E-state index in [-0.39, 0.29) is 0 Å². The molecule has 0 aromatic carbocycles. The van der Waals surface area contributed by atoms with Crippen molar-refractivity contribution in [1.29, 1.82) is 0 Å². The zero-order valence-electron chi connectivity index (χ0n) is 13.9. The Kier molecular flexibility index (Phi) is 8.01. The molecule has 19 heavy (non-hydrogen) atoms. The second-order valence-corrected chi connectivity index (χ2v) is 7.00. The average molecular weight is 268 g/mol. The number of nitrogens with zero attached hydrogens (tertiary/aromatic N) is 1. The predicted molar refractivity (Wildman–Crippen MR) is 85.6 cm³/mol. The maximum absolute atomic E-state index is 3.64. The Morgan fingerprint density at radius 1 is 1.11 bits per heavy atom. The normalized spacial score (nSPS) is 23.8. The summed E-state index contributed by atoms with van der Waals surface area (Å²) in [5.41, 5.74) is 0. The van der Waals surface area contributed by atoms with Gasteiger partial charge in [0, 0.05) is 18.6 Å². The van der Waals surface area contributed by atoms with Crippen LogP contribution in [0, 0.1) is 11.8 Å². The Bertz CT molecular complexity index is 225. The molecule has 0 aromatic heterocycles. The average Bonchev–Trinajstić information content (AvgIpc) is 2.55. The minimum Gasteiger partial charge on any atom is -0.313 e. The van der Waals surface area contributed by atoms with Crippen LogP contribution in [0.5, 0.6) is 0 Å². The van der Waals surface area contributed by atoms with Crippen LogP contribution in [-0.4, -0.2) is 36.6 Å². The van der Waals surface area contributed by atoms with Crippen molar-refractivity contribution in [3.05, 3.63) is 0 Å². The summed E-state index contributed by atoms with van der Waals surface area (Å²) in [6, 6.07) is 1.31. The fraction of sp³-hybridized carbons (Fsp3) is 1.00. The van der Waals surface area contributed by atoms with Gasteiger partial charge in [0.05, 0.1) is 0 Å². The third-order valence-electron chi connectivity index (χ3n) is 4.55. The molecule has 0 amide bonds. The van der Waals surface area contributed by atoms with Crippen LogP contribution in [-0.2, 0) is 0 Å². The van der Waals surface area contributed by atoms with Crippen molar-refractivity contribution in [3.8, 4) is 0 Å². The number of rotatable bonds is 7. The van der Waals surface area contributed by atoms with E-state index in [2.05, 4.69) is 44.8 Å². The van der Waals surface area contributed by atoms with Crippen molar-refractivity contribution in [2.45, 2.75) is 78.8 Å². The van der Waals surface area contributed by atoms with E-state index in [0.717, 1.165) is 18.4 Å². The van der Waals surface area contributed by atoms with E-state index in [0.29, 0.717) is 12.1 Å². The lowest BCUT2D eigenvalue weighted by molar-refractivity contribution is 0.152. The van der Waals surface area contributed by atoms with E-state index in [1.807, 2.05) is 0 Å². The largest absolute Gasteiger partial charge is 0.313 e. The molecule has 1 fully saturated rings. The van der Waals surface area contributed by atoms with Crippen LogP contribution in [0.15, 0.2) is 0 Å². The molecule has 0 aromatic rings. The van der Waals surface area contributed by atoms with Gasteiger partial charge in [0.15, 0.2) is 0 Å². The quantitative estimate of drug-likeness (QED) is 0.753. The molecule has 114 valence electrons. The van der Waals surface area contributed by atoms with Gasteiger partial charge in [0.1, 0.15) is 0 Å². The van der Waals surface area contributed by atoms with E-state index < -0.39 is 0 Å². The van der Waals surface area contributed by atoms with E-state index in [1.165, 1.54) is 45.2 Å². The minimum atomic E-state index is 0.598. The molecule has 0 radical (unpaired) electrons. The first-order valence-electron chi connectivity index (χ1n) is 8.52. The van der Waals surface area contributed by atoms with Gasteiger partial charge >= 0.3 is 0 Å². The first kappa shape index (κ1) is 17.0. The lowest BCUT2D eigenvalue weighted by Gasteiger charge is -2.34. The molecule has 0 bridgehead atoms. The zero-order valence-corrected chi connectivity index (χ0v) is 13.9. The maximum Gasteiger partial charge on any atom is 0.0243 e. The Morgan fingerprint density at radius 2 is 1.84 bits per heavy atom. The van der Waals surface area contributed by atoms with Gasteiger partial charge in [0.2, 0.25) is 0 Å². The molecule has 2 heteroatoms. The predicted octanol–water partition coefficient (Wildman–Crippen LogP) is 3.91. The molecule has 1 heterocycles. The van der Waals surface area contributed by atoms with Crippen LogP contribution >= 0.6 is 0 Å². The highest BCUT2D eigenvalue weighted by Crippen LogP contribution is 2.24. The fourth-order valence-corrected chi connectivity index (χ4v) is 3.36. The van der Waals surface area contributed by atoms with Crippen LogP contribution in [0.2, 0.25) is 0 Å². The smallest absolute Gasteiger partial charge is 0.0243 e. The number of nitrogens with one attached hydrogen (secondary N) is 1. The zero-order chi connectivity index (χ0) is 14.3. The van der Waals surface area contributed by atoms with Crippen molar-refractivity contribution < 1.29 is 0 Å². The maximum atomic E-state index is 3.64. The van der Waals surface area contributed by atoms with Gasteiger partial charge in [-0.05, 0) is 44.2 Å². The second-order valence-electron chi connectivity index (χ2n) is 7.00. The summed E-state index contributed by atoms with van der Waals surface area (Å²) in [7, 11) is 0. The van der Waals surface area contributed by atoms with E-state index in [1.54, 1.807) is 0 Å². The third-order valence-corrected chi connectivity index (χ3v) is 4.55. The van der Waals surface area contributed by atoms with Crippen molar-refractivity contribution in [2.75, 3.05) is 19.6 Å². The molecule has 2 unspecified atom stereocenters. The molecule has 0 aliphatic carbocycles. The first-order valence-corrected chi connectivity index (χ1v) is 8.52. The van der Waals surface area contributed by atoms with E-state index >= 15 is 0 Å². The van der Waals surface area contributed by atoms with Gasteiger partial charge < -0.3 is 5.32 Å². The highest BCUT2D eigenvalue weighted by molar-refractivity contribution is 4.81. The van der Waals surface area contributed by atoms with Crippen molar-refractivity contribution in [2.24, 2.45) is 11.8 Å². The molecule has 2 atom stereocenters. The molecular formula is C17H36N2. The molecule has 1 N–H and O–H groups in total. The van der Waals surface area contributed by atoms with Crippen molar-refractivity contribution >= 4 is 0 Å². The SMILES string of the molecule is CCCC1CCCN(C(CNC(C)C)C(C)C)CC1. The number of hydrogen-bond acceptors (Lipinski definition) is 2. The molecule has 1 saturated heterocycles. The summed E-state index contributed by atoms with van der Waals surface area (Å²) in [4.78, 5) is 2.76. The van der Waals surface area contributed by atoms with Gasteiger partial charge in [-0.15, -0.1) is 0 Å². The highest BCUT2D eigenvalue weighted by atomic mass is 15.2. The summed E-state index contributed by atoms with van der Waals surface area (Å²) in [6.07, 6.45) is 7.05. The molecule has 1 aliphatic rings. The van der Waals surface area contributed by atoms with Crippen LogP contribution in [0.3, 0.4) is 0 Å². The Morgan fingerprint density at radius 3 is 2.42 bits per heavy atom. The van der Waals surface area contributed by atoms with Gasteiger partial charge in [0.25, 0.3) is 0 Å². The number of hydrogen-bond donors (Lipinski definition) is 1. The topological polar surface area (TPSA) is 15.3 Å². The molecule has 1 rings (SSSR count). The molecule has 0 spiro atoms. The van der Waals surface area contributed by atoms with Crippen LogP contribution in [0.1, 0.15) is 66.7 Å². The highest BCUT2D eigenvalue weighted by Gasteiger charge is 2.24. The molecular weight excluding hydrogens is 232 g/mol. The van der Waals surface area contributed by atoms with Crippen molar-refractivity contribution in [3.63, 3.8) is 0 Å². The summed E-state index contributed by atoms with van der Waals surface area (Å²) in [6.45, 7) is 15.3. The van der Waals surface area contributed by atoms with Gasteiger partial charge in [-0.25, -0.2) is 0 Å². The Hall–Kier alpha value is -0.0800. The Labute approximate surface area is 121 Å². The minimum absolute atomic E-state index is 0.598. The standard InChI is InChI=1S/C17H36N2/c1-6-8-16-9-7-11-19(12-10-16)17(14(2)3)13-18-15(4)5/h14-18H,6-13H2,1-5H3. The molecule has 1 aliphatic heterocycles. The van der Waals surface area contributed by atoms with Crippen LogP contribution in [0.4, 0.5) is 0 Å². The lowest BCUT2D eigenvalue weighted by atomic mass is 9.96. The monoisotopic (exact) mass is 268 g/mol. The number of likely N-dealkylation sites (tertiary alicyclic amines) is 1. The summed E-state index contributed by atoms with van der Waals surface area (Å²) in [5.74, 6) is 1.73. The van der Waals surface area contributed by atoms with E-state index in [9.17, 15) is 0 Å². The van der Waals surface area contributed by atoms with E-state index in [4.69, 9.17) is 0 Å². The van der Waals surface area contributed by atoms with Gasteiger partial charge in [-0.2, -0.15) is 0 Å². The molecule has 0 saturated carbocycles. The second kappa shape index (κ2) is 8.97. The fourth-order valence-electron chi connectivity index (χ4n) is 3.36.